The van der Waals surface area contributed by atoms with Crippen LogP contribution in [0.5, 0.6) is 17.2 Å². The van der Waals surface area contributed by atoms with Crippen LogP contribution in [0.15, 0.2) is 137 Å². The highest BCUT2D eigenvalue weighted by molar-refractivity contribution is 6.91. The van der Waals surface area contributed by atoms with Crippen molar-refractivity contribution in [1.29, 1.82) is 0 Å². The highest BCUT2D eigenvalue weighted by atomic mass is 28.3. The fraction of sp³-hybridized carbons (Fsp3) is 0.308. The van der Waals surface area contributed by atoms with Crippen LogP contribution in [0, 0.1) is 5.92 Å². The van der Waals surface area contributed by atoms with E-state index in [4.69, 9.17) is 18.9 Å². The first-order chi connectivity index (χ1) is 31.8. The first kappa shape index (κ1) is 44.5. The quantitative estimate of drug-likeness (QED) is 0.144. The van der Waals surface area contributed by atoms with Gasteiger partial charge in [-0.25, -0.2) is 0 Å². The van der Waals surface area contributed by atoms with Crippen LogP contribution >= 0.6 is 0 Å². The summed E-state index contributed by atoms with van der Waals surface area (Å²) in [5.74, 6) is 0.171. The molecule has 1 spiro atoms. The second kappa shape index (κ2) is 17.6. The Morgan fingerprint density at radius 2 is 1.42 bits per heavy atom. The molecular formula is C52H54N4O9Si. The normalized spacial score (nSPS) is 21.2. The monoisotopic (exact) mass is 906 g/mol. The number of carbonyl (C=O) groups excluding carboxylic acids is 2. The van der Waals surface area contributed by atoms with Gasteiger partial charge in [-0.3, -0.25) is 28.3 Å². The van der Waals surface area contributed by atoms with E-state index in [0.29, 0.717) is 35.6 Å². The number of ether oxygens (including phenoxy) is 4. The molecule has 0 unspecified atom stereocenters. The predicted molar refractivity (Wildman–Crippen MR) is 254 cm³/mol. The van der Waals surface area contributed by atoms with E-state index in [2.05, 4.69) is 32.2 Å². The largest absolute Gasteiger partial charge is 0.497 e. The van der Waals surface area contributed by atoms with Crippen LogP contribution in [0.4, 0.5) is 5.69 Å². The van der Waals surface area contributed by atoms with E-state index in [1.54, 1.807) is 53.6 Å². The van der Waals surface area contributed by atoms with Gasteiger partial charge < -0.3 is 33.9 Å². The van der Waals surface area contributed by atoms with Gasteiger partial charge in [0.25, 0.3) is 17.0 Å². The third-order valence-corrected chi connectivity index (χ3v) is 18.5. The summed E-state index contributed by atoms with van der Waals surface area (Å²) < 4.78 is 26.7. The van der Waals surface area contributed by atoms with Crippen LogP contribution < -0.4 is 35.4 Å². The van der Waals surface area contributed by atoms with Crippen molar-refractivity contribution in [3.05, 3.63) is 171 Å². The number of rotatable bonds is 12. The number of aliphatic hydroxyl groups excluding tert-OH is 1. The van der Waals surface area contributed by atoms with Crippen molar-refractivity contribution in [2.45, 2.75) is 69.2 Å². The van der Waals surface area contributed by atoms with Gasteiger partial charge in [0.2, 0.25) is 5.91 Å². The smallest absolute Gasteiger partial charge is 0.297 e. The molecule has 5 atom stereocenters. The third-order valence-electron chi connectivity index (χ3n) is 14.2. The third kappa shape index (κ3) is 7.42. The molecule has 13 nitrogen and oxygen atoms in total. The molecule has 9 rings (SSSR count). The topological polar surface area (TPSA) is 142 Å². The number of nitrogens with zero attached hydrogens (tertiary/aromatic N) is 4. The molecule has 0 saturated carbocycles. The summed E-state index contributed by atoms with van der Waals surface area (Å²) in [6, 6.07) is 35.3. The van der Waals surface area contributed by atoms with E-state index >= 15 is 4.79 Å². The molecule has 4 aromatic carbocycles. The number of aromatic nitrogens is 2. The van der Waals surface area contributed by atoms with Gasteiger partial charge in [0.05, 0.1) is 66.8 Å². The number of aliphatic hydroxyl groups is 1. The SMILES string of the molecule is COc1ccc([Si](C)(C)[C@@H]2[C@@H](CC(=O)N3Cc4ccccc4C[C@H]3CO)O[C@]3(C(=O)N(Cc4cccc(-n5cccc(OC)c5=O)c4)c4ccc(-n5cccc(OC)c5=O)cc43)[C@H]2C)cc1. The lowest BCUT2D eigenvalue weighted by Gasteiger charge is -2.39. The molecule has 6 aromatic rings. The average Bonchev–Trinajstić information content (AvgIpc) is 3.76. The predicted octanol–water partition coefficient (Wildman–Crippen LogP) is 6.11. The zero-order chi connectivity index (χ0) is 46.5. The second-order valence-electron chi connectivity index (χ2n) is 18.0. The Balaban J connectivity index is 1.18. The van der Waals surface area contributed by atoms with Gasteiger partial charge in [-0.15, -0.1) is 0 Å². The first-order valence-electron chi connectivity index (χ1n) is 22.2. The summed E-state index contributed by atoms with van der Waals surface area (Å²) >= 11 is 0. The number of amides is 2. The fourth-order valence-corrected chi connectivity index (χ4v) is 14.8. The van der Waals surface area contributed by atoms with Crippen molar-refractivity contribution < 1.29 is 33.6 Å². The van der Waals surface area contributed by atoms with Crippen molar-refractivity contribution in [3.8, 4) is 28.6 Å². The Kier molecular flexibility index (Phi) is 11.8. The summed E-state index contributed by atoms with van der Waals surface area (Å²) in [6.07, 6.45) is 3.14. The fourth-order valence-electron chi connectivity index (χ4n) is 10.8. The van der Waals surface area contributed by atoms with Gasteiger partial charge in [-0.1, -0.05) is 73.7 Å². The van der Waals surface area contributed by atoms with Crippen molar-refractivity contribution in [3.63, 3.8) is 0 Å². The lowest BCUT2D eigenvalue weighted by atomic mass is 9.82. The number of pyridine rings is 2. The van der Waals surface area contributed by atoms with Gasteiger partial charge in [-0.2, -0.15) is 0 Å². The Labute approximate surface area is 384 Å². The number of methoxy groups -OCH3 is 3. The summed E-state index contributed by atoms with van der Waals surface area (Å²) in [5, 5.41) is 11.7. The Morgan fingerprint density at radius 1 is 0.773 bits per heavy atom. The number of fused-ring (bicyclic) bond motifs is 3. The molecule has 66 heavy (non-hydrogen) atoms. The standard InChI is InChI=1S/C52H54N4O9Si/c1-33-48(66(5,6)41-21-19-40(62-2)20-22-41)46(29-47(58)55-31-36-14-8-7-13-35(36)27-39(55)32-57)65-52(33)42-28-38(54-25-11-17-45(64-4)50(54)60)18-23-43(42)56(51(52)61)30-34-12-9-15-37(26-34)53-24-10-16-44(63-3)49(53)59/h7-26,28,33,39,46,48,57H,27,29-32H2,1-6H3/t33-,39-,46+,48-,52+/m0/s1. The van der Waals surface area contributed by atoms with Crippen LogP contribution in [-0.4, -0.2) is 79.1 Å². The van der Waals surface area contributed by atoms with Crippen molar-refractivity contribution >= 4 is 30.8 Å². The molecular weight excluding hydrogens is 853 g/mol. The summed E-state index contributed by atoms with van der Waals surface area (Å²) in [6.45, 7) is 6.88. The minimum absolute atomic E-state index is 0.0169. The van der Waals surface area contributed by atoms with Crippen LogP contribution in [0.1, 0.15) is 35.6 Å². The molecule has 0 radical (unpaired) electrons. The van der Waals surface area contributed by atoms with Crippen LogP contribution in [-0.2, 0) is 39.4 Å². The van der Waals surface area contributed by atoms with Crippen molar-refractivity contribution in [2.24, 2.45) is 5.92 Å². The Hall–Kier alpha value is -6.74. The lowest BCUT2D eigenvalue weighted by molar-refractivity contribution is -0.151. The van der Waals surface area contributed by atoms with Gasteiger partial charge in [0.15, 0.2) is 17.1 Å². The maximum Gasteiger partial charge on any atom is 0.297 e. The highest BCUT2D eigenvalue weighted by Gasteiger charge is 2.66. The zero-order valence-corrected chi connectivity index (χ0v) is 39.0. The summed E-state index contributed by atoms with van der Waals surface area (Å²) in [5.41, 5.74) is 2.68. The first-order valence-corrected chi connectivity index (χ1v) is 25.3. The molecule has 0 aliphatic carbocycles. The van der Waals surface area contributed by atoms with E-state index in [0.717, 1.165) is 27.6 Å². The maximum atomic E-state index is 15.9. The van der Waals surface area contributed by atoms with E-state index in [1.807, 2.05) is 78.9 Å². The second-order valence-corrected chi connectivity index (χ2v) is 22.6. The van der Waals surface area contributed by atoms with Gasteiger partial charge in [0, 0.05) is 41.8 Å². The Bertz CT molecular complexity index is 2950. The maximum absolute atomic E-state index is 15.9. The molecule has 3 aliphatic heterocycles. The summed E-state index contributed by atoms with van der Waals surface area (Å²) in [7, 11) is 1.84. The molecule has 340 valence electrons. The van der Waals surface area contributed by atoms with Gasteiger partial charge >= 0.3 is 0 Å². The number of hydrogen-bond donors (Lipinski definition) is 1. The van der Waals surface area contributed by atoms with E-state index < -0.39 is 31.7 Å². The van der Waals surface area contributed by atoms with Gasteiger partial charge in [0.1, 0.15) is 5.75 Å². The Morgan fingerprint density at radius 3 is 2.06 bits per heavy atom. The molecule has 5 heterocycles. The number of hydrogen-bond acceptors (Lipinski definition) is 9. The van der Waals surface area contributed by atoms with Crippen molar-refractivity contribution in [1.82, 2.24) is 14.0 Å². The summed E-state index contributed by atoms with van der Waals surface area (Å²) in [4.78, 5) is 61.3. The minimum Gasteiger partial charge on any atom is -0.497 e. The molecule has 14 heteroatoms. The zero-order valence-electron chi connectivity index (χ0n) is 38.0. The molecule has 1 fully saturated rings. The van der Waals surface area contributed by atoms with E-state index in [9.17, 15) is 19.5 Å². The van der Waals surface area contributed by atoms with Crippen LogP contribution in [0.3, 0.4) is 0 Å². The van der Waals surface area contributed by atoms with E-state index in [-0.39, 0.29) is 59.5 Å². The number of carbonyl (C=O) groups is 2. The number of benzene rings is 4. The lowest BCUT2D eigenvalue weighted by Crippen LogP contribution is -2.52. The van der Waals surface area contributed by atoms with Crippen molar-refractivity contribution in [2.75, 3.05) is 32.8 Å². The molecule has 1 N–H and O–H groups in total. The molecule has 3 aliphatic rings. The average molecular weight is 907 g/mol. The van der Waals surface area contributed by atoms with Crippen LogP contribution in [0.2, 0.25) is 18.6 Å². The van der Waals surface area contributed by atoms with Gasteiger partial charge in [-0.05, 0) is 95.4 Å². The molecule has 2 aromatic heterocycles. The number of anilines is 1. The molecule has 1 saturated heterocycles. The molecule has 2 amide bonds. The van der Waals surface area contributed by atoms with Crippen LogP contribution in [0.25, 0.3) is 11.4 Å². The minimum atomic E-state index is -2.69. The molecule has 0 bridgehead atoms. The van der Waals surface area contributed by atoms with E-state index in [1.165, 1.54) is 23.4 Å². The highest BCUT2D eigenvalue weighted by Crippen LogP contribution is 2.60.